The summed E-state index contributed by atoms with van der Waals surface area (Å²) >= 11 is 0. The van der Waals surface area contributed by atoms with Crippen molar-refractivity contribution >= 4 is 0 Å². The Balaban J connectivity index is 2.69. The number of hydrogen-bond donors (Lipinski definition) is 0. The quantitative estimate of drug-likeness (QED) is 0.687. The molecule has 0 atom stereocenters. The van der Waals surface area contributed by atoms with Gasteiger partial charge in [0.15, 0.2) is 0 Å². The largest absolute Gasteiger partial charge is 0.365 e. The van der Waals surface area contributed by atoms with E-state index < -0.39 is 0 Å². The monoisotopic (exact) mass is 189 g/mol. The first kappa shape index (κ1) is 8.81. The highest BCUT2D eigenvalue weighted by Gasteiger charge is 2.12. The van der Waals surface area contributed by atoms with Gasteiger partial charge in [0, 0.05) is 7.05 Å². The van der Waals surface area contributed by atoms with Gasteiger partial charge in [-0.2, -0.15) is 0 Å². The lowest BCUT2D eigenvalue weighted by atomic mass is 10.1. The summed E-state index contributed by atoms with van der Waals surface area (Å²) < 4.78 is 6.45. The molecule has 0 aliphatic carbocycles. The molecule has 0 N–H and O–H groups in total. The smallest absolute Gasteiger partial charge is 0.336 e. The zero-order valence-corrected chi connectivity index (χ0v) is 8.15. The molecular formula is C11H11NO2. The Morgan fingerprint density at radius 3 is 2.36 bits per heavy atom. The maximum absolute atomic E-state index is 11.5. The third-order valence-corrected chi connectivity index (χ3v) is 2.32. The van der Waals surface area contributed by atoms with Crippen molar-refractivity contribution in [1.82, 2.24) is 4.74 Å². The first-order valence-corrected chi connectivity index (χ1v) is 4.42. The molecule has 2 rings (SSSR count). The molecule has 0 saturated carbocycles. The molecule has 72 valence electrons. The molecule has 1 aromatic heterocycles. The third-order valence-electron chi connectivity index (χ3n) is 2.32. The van der Waals surface area contributed by atoms with Gasteiger partial charge in [-0.05, 0) is 12.5 Å². The average molecular weight is 189 g/mol. The van der Waals surface area contributed by atoms with Gasteiger partial charge in [-0.1, -0.05) is 30.3 Å². The minimum Gasteiger partial charge on any atom is -0.336 e. The molecule has 0 bridgehead atoms. The summed E-state index contributed by atoms with van der Waals surface area (Å²) in [5.74, 6) is 0. The normalized spacial score (nSPS) is 10.4. The van der Waals surface area contributed by atoms with Gasteiger partial charge in [0.25, 0.3) is 0 Å². The van der Waals surface area contributed by atoms with Crippen molar-refractivity contribution < 1.29 is 4.52 Å². The van der Waals surface area contributed by atoms with Gasteiger partial charge in [-0.25, -0.2) is 9.53 Å². The highest BCUT2D eigenvalue weighted by atomic mass is 16.5. The SMILES string of the molecule is Cc1c(-c2ccccc2)c(=O)on1C. The van der Waals surface area contributed by atoms with E-state index >= 15 is 0 Å². The van der Waals surface area contributed by atoms with Crippen LogP contribution in [0.2, 0.25) is 0 Å². The van der Waals surface area contributed by atoms with Crippen LogP contribution >= 0.6 is 0 Å². The molecule has 0 aliphatic heterocycles. The van der Waals surface area contributed by atoms with E-state index in [0.717, 1.165) is 11.3 Å². The van der Waals surface area contributed by atoms with Crippen LogP contribution in [-0.2, 0) is 7.05 Å². The highest BCUT2D eigenvalue weighted by Crippen LogP contribution is 2.18. The van der Waals surface area contributed by atoms with Gasteiger partial charge in [-0.3, -0.25) is 0 Å². The van der Waals surface area contributed by atoms with Crippen LogP contribution in [0.25, 0.3) is 11.1 Å². The van der Waals surface area contributed by atoms with Crippen LogP contribution in [0, 0.1) is 6.92 Å². The Labute approximate surface area is 81.6 Å². The molecule has 0 aliphatic rings. The molecule has 0 saturated heterocycles. The van der Waals surface area contributed by atoms with Crippen molar-refractivity contribution in [3.63, 3.8) is 0 Å². The summed E-state index contributed by atoms with van der Waals surface area (Å²) in [6.45, 7) is 1.87. The van der Waals surface area contributed by atoms with Gasteiger partial charge in [0.1, 0.15) is 0 Å². The summed E-state index contributed by atoms with van der Waals surface area (Å²) in [6, 6.07) is 9.53. The van der Waals surface area contributed by atoms with Crippen LogP contribution in [0.15, 0.2) is 39.6 Å². The Bertz CT molecular complexity index is 494. The molecule has 0 radical (unpaired) electrons. The summed E-state index contributed by atoms with van der Waals surface area (Å²) in [6.07, 6.45) is 0. The number of benzene rings is 1. The van der Waals surface area contributed by atoms with E-state index in [2.05, 4.69) is 0 Å². The van der Waals surface area contributed by atoms with Gasteiger partial charge in [-0.15, -0.1) is 0 Å². The van der Waals surface area contributed by atoms with Gasteiger partial charge < -0.3 is 4.52 Å². The molecule has 3 nitrogen and oxygen atoms in total. The molecule has 0 amide bonds. The van der Waals surface area contributed by atoms with Crippen molar-refractivity contribution in [2.24, 2.45) is 7.05 Å². The van der Waals surface area contributed by atoms with Gasteiger partial charge in [0.05, 0.1) is 11.3 Å². The lowest BCUT2D eigenvalue weighted by Crippen LogP contribution is -1.96. The lowest BCUT2D eigenvalue weighted by Gasteiger charge is -1.96. The second-order valence-electron chi connectivity index (χ2n) is 3.20. The molecule has 1 heterocycles. The van der Waals surface area contributed by atoms with E-state index in [-0.39, 0.29) is 5.63 Å². The Morgan fingerprint density at radius 2 is 1.86 bits per heavy atom. The van der Waals surface area contributed by atoms with Crippen molar-refractivity contribution in [3.05, 3.63) is 46.4 Å². The maximum atomic E-state index is 11.5. The van der Waals surface area contributed by atoms with Crippen LogP contribution < -0.4 is 5.63 Å². The fourth-order valence-corrected chi connectivity index (χ4v) is 1.48. The molecule has 1 aromatic carbocycles. The minimum atomic E-state index is -0.281. The van der Waals surface area contributed by atoms with Crippen LogP contribution in [0.4, 0.5) is 0 Å². The van der Waals surface area contributed by atoms with Crippen LogP contribution in [-0.4, -0.2) is 4.74 Å². The zero-order valence-electron chi connectivity index (χ0n) is 8.15. The minimum absolute atomic E-state index is 0.281. The van der Waals surface area contributed by atoms with E-state index in [1.54, 1.807) is 7.05 Å². The number of rotatable bonds is 1. The van der Waals surface area contributed by atoms with E-state index in [0.29, 0.717) is 5.56 Å². The van der Waals surface area contributed by atoms with Crippen molar-refractivity contribution in [2.75, 3.05) is 0 Å². The fraction of sp³-hybridized carbons (Fsp3) is 0.182. The maximum Gasteiger partial charge on any atom is 0.365 e. The van der Waals surface area contributed by atoms with E-state index in [1.807, 2.05) is 37.3 Å². The first-order chi connectivity index (χ1) is 6.70. The molecule has 0 spiro atoms. The number of nitrogens with zero attached hydrogens (tertiary/aromatic N) is 1. The predicted octanol–water partition coefficient (Wildman–Crippen LogP) is 1.95. The van der Waals surface area contributed by atoms with Crippen LogP contribution in [0.5, 0.6) is 0 Å². The molecule has 3 heteroatoms. The number of hydrogen-bond acceptors (Lipinski definition) is 2. The summed E-state index contributed by atoms with van der Waals surface area (Å²) in [4.78, 5) is 11.5. The van der Waals surface area contributed by atoms with E-state index in [4.69, 9.17) is 4.52 Å². The molecule has 0 fully saturated rings. The van der Waals surface area contributed by atoms with Crippen LogP contribution in [0.3, 0.4) is 0 Å². The molecule has 14 heavy (non-hydrogen) atoms. The Hall–Kier alpha value is -1.77. The van der Waals surface area contributed by atoms with Crippen molar-refractivity contribution in [3.8, 4) is 11.1 Å². The first-order valence-electron chi connectivity index (χ1n) is 4.42. The average Bonchev–Trinajstić information content (AvgIpc) is 2.43. The zero-order chi connectivity index (χ0) is 10.1. The van der Waals surface area contributed by atoms with E-state index in [9.17, 15) is 4.79 Å². The van der Waals surface area contributed by atoms with Crippen LogP contribution in [0.1, 0.15) is 5.69 Å². The third kappa shape index (κ3) is 1.27. The fourth-order valence-electron chi connectivity index (χ4n) is 1.48. The van der Waals surface area contributed by atoms with Gasteiger partial charge >= 0.3 is 5.63 Å². The molecule has 0 unspecified atom stereocenters. The van der Waals surface area contributed by atoms with Crippen molar-refractivity contribution in [2.45, 2.75) is 6.92 Å². The van der Waals surface area contributed by atoms with Crippen molar-refractivity contribution in [1.29, 1.82) is 0 Å². The molecule has 2 aromatic rings. The summed E-state index contributed by atoms with van der Waals surface area (Å²) in [5, 5.41) is 0. The predicted molar refractivity (Wildman–Crippen MR) is 54.1 cm³/mol. The summed E-state index contributed by atoms with van der Waals surface area (Å²) in [5.41, 5.74) is 2.12. The highest BCUT2D eigenvalue weighted by molar-refractivity contribution is 5.64. The van der Waals surface area contributed by atoms with E-state index in [1.165, 1.54) is 4.74 Å². The number of aromatic nitrogens is 1. The number of aryl methyl sites for hydroxylation is 1. The Kier molecular flexibility index (Phi) is 2.00. The summed E-state index contributed by atoms with van der Waals surface area (Å²) in [7, 11) is 1.73. The topological polar surface area (TPSA) is 35.1 Å². The Morgan fingerprint density at radius 1 is 1.21 bits per heavy atom. The standard InChI is InChI=1S/C11H11NO2/c1-8-10(11(13)14-12(8)2)9-6-4-3-5-7-9/h3-7H,1-2H3. The van der Waals surface area contributed by atoms with Gasteiger partial charge in [0.2, 0.25) is 0 Å². The lowest BCUT2D eigenvalue weighted by molar-refractivity contribution is 0.280. The molecular weight excluding hydrogens is 178 g/mol. The second-order valence-corrected chi connectivity index (χ2v) is 3.20. The second kappa shape index (κ2) is 3.18.